The zero-order valence-corrected chi connectivity index (χ0v) is 12.4. The molecule has 0 aliphatic rings. The molecule has 0 fully saturated rings. The molecule has 0 aromatic rings. The molecule has 12 heavy (non-hydrogen) atoms. The smallest absolute Gasteiger partial charge is 0.179 e. The van der Waals surface area contributed by atoms with Crippen LogP contribution >= 0.6 is 8.69 Å². The zero-order chi connectivity index (χ0) is 8.53. The van der Waals surface area contributed by atoms with Crippen LogP contribution in [-0.4, -0.2) is 6.61 Å². The molecule has 0 N–H and O–H groups in total. The Morgan fingerprint density at radius 3 is 2.50 bits per heavy atom. The van der Waals surface area contributed by atoms with E-state index in [0.717, 1.165) is 6.42 Å². The van der Waals surface area contributed by atoms with Gasteiger partial charge in [0, 0.05) is 40.8 Å². The molecule has 0 spiro atoms. The monoisotopic (exact) mass is 320 g/mol. The molecule has 0 saturated heterocycles. The summed E-state index contributed by atoms with van der Waals surface area (Å²) < 4.78 is 15.0. The second kappa shape index (κ2) is 12.5. The van der Waals surface area contributed by atoms with Crippen LogP contribution in [0.1, 0.15) is 39.5 Å². The van der Waals surface area contributed by atoms with Crippen LogP contribution in [-0.2, 0) is 9.09 Å². The van der Waals surface area contributed by atoms with Crippen LogP contribution in [0, 0.1) is 46.8 Å². The Bertz CT molecular complexity index is 101. The van der Waals surface area contributed by atoms with E-state index < -0.39 is 8.69 Å². The van der Waals surface area contributed by atoms with Crippen molar-refractivity contribution in [1.29, 1.82) is 0 Å². The van der Waals surface area contributed by atoms with Crippen molar-refractivity contribution in [2.75, 3.05) is 6.61 Å². The molecule has 0 aliphatic carbocycles. The van der Waals surface area contributed by atoms with E-state index in [0.29, 0.717) is 12.5 Å². The largest absolute Gasteiger partial charge is 0.332 e. The maximum absolute atomic E-state index is 10.1. The van der Waals surface area contributed by atoms with E-state index in [9.17, 15) is 4.57 Å². The average Bonchev–Trinajstić information content (AvgIpc) is 2.05. The SMILES string of the molecule is CCCCC(CC)CO[PH2]=O.[Nd]. The first-order valence-electron chi connectivity index (χ1n) is 4.40. The number of hydrogen-bond acceptors (Lipinski definition) is 2. The molecular weight excluding hydrogens is 303 g/mol. The molecule has 0 saturated carbocycles. The summed E-state index contributed by atoms with van der Waals surface area (Å²) >= 11 is 0. The summed E-state index contributed by atoms with van der Waals surface area (Å²) in [6, 6.07) is 0. The minimum atomic E-state index is -1.00. The van der Waals surface area contributed by atoms with E-state index in [4.69, 9.17) is 4.52 Å². The topological polar surface area (TPSA) is 26.3 Å². The quantitative estimate of drug-likeness (QED) is 0.674. The Morgan fingerprint density at radius 2 is 2.08 bits per heavy atom. The number of rotatable bonds is 7. The van der Waals surface area contributed by atoms with E-state index in [1.54, 1.807) is 0 Å². The van der Waals surface area contributed by atoms with Crippen LogP contribution in [0.25, 0.3) is 0 Å². The first kappa shape index (κ1) is 16.0. The summed E-state index contributed by atoms with van der Waals surface area (Å²) in [5, 5.41) is 0. The van der Waals surface area contributed by atoms with Crippen molar-refractivity contribution >= 4 is 8.69 Å². The molecule has 4 heteroatoms. The van der Waals surface area contributed by atoms with Gasteiger partial charge in [0.2, 0.25) is 0 Å². The molecule has 0 bridgehead atoms. The standard InChI is InChI=1S/C8H19O2P.Nd/c1-3-5-6-8(4-2)7-10-11-9;/h8H,3-7,11H2,1-2H3;. The molecule has 0 heterocycles. The molecule has 0 aromatic heterocycles. The van der Waals surface area contributed by atoms with Crippen molar-refractivity contribution in [3.63, 3.8) is 0 Å². The molecule has 72 valence electrons. The van der Waals surface area contributed by atoms with Crippen LogP contribution in [0.3, 0.4) is 0 Å². The van der Waals surface area contributed by atoms with Gasteiger partial charge in [0.05, 0.1) is 6.61 Å². The fourth-order valence-corrected chi connectivity index (χ4v) is 1.42. The van der Waals surface area contributed by atoms with Gasteiger partial charge in [-0.3, -0.25) is 4.57 Å². The predicted octanol–water partition coefficient (Wildman–Crippen LogP) is 2.89. The van der Waals surface area contributed by atoms with Gasteiger partial charge in [-0.1, -0.05) is 33.1 Å². The summed E-state index contributed by atoms with van der Waals surface area (Å²) in [6.07, 6.45) is 4.85. The Hall–Kier alpha value is 1.54. The van der Waals surface area contributed by atoms with E-state index in [1.807, 2.05) is 0 Å². The normalized spacial score (nSPS) is 13.2. The van der Waals surface area contributed by atoms with Gasteiger partial charge in [-0.25, -0.2) is 0 Å². The van der Waals surface area contributed by atoms with Crippen molar-refractivity contribution in [3.05, 3.63) is 0 Å². The van der Waals surface area contributed by atoms with Gasteiger partial charge in [0.1, 0.15) is 0 Å². The van der Waals surface area contributed by atoms with Crippen LogP contribution < -0.4 is 0 Å². The minimum Gasteiger partial charge on any atom is -0.332 e. The summed E-state index contributed by atoms with van der Waals surface area (Å²) in [4.78, 5) is 0. The number of unbranched alkanes of at least 4 members (excludes halogenated alkanes) is 1. The van der Waals surface area contributed by atoms with Gasteiger partial charge in [0.25, 0.3) is 0 Å². The van der Waals surface area contributed by atoms with Crippen molar-refractivity contribution in [3.8, 4) is 0 Å². The van der Waals surface area contributed by atoms with Crippen molar-refractivity contribution in [2.24, 2.45) is 5.92 Å². The van der Waals surface area contributed by atoms with Gasteiger partial charge in [-0.2, -0.15) is 0 Å². The molecule has 0 amide bonds. The van der Waals surface area contributed by atoms with Crippen molar-refractivity contribution < 1.29 is 49.9 Å². The fraction of sp³-hybridized carbons (Fsp3) is 1.00. The first-order valence-corrected chi connectivity index (χ1v) is 5.34. The Labute approximate surface area is 110 Å². The minimum absolute atomic E-state index is 0. The average molecular weight is 322 g/mol. The van der Waals surface area contributed by atoms with Crippen LogP contribution in [0.2, 0.25) is 0 Å². The van der Waals surface area contributed by atoms with Crippen LogP contribution in [0.5, 0.6) is 0 Å². The third-order valence-electron chi connectivity index (χ3n) is 1.94. The van der Waals surface area contributed by atoms with Crippen molar-refractivity contribution in [2.45, 2.75) is 39.5 Å². The molecule has 0 rings (SSSR count). The van der Waals surface area contributed by atoms with Gasteiger partial charge in [-0.05, 0) is 12.3 Å². The predicted molar refractivity (Wildman–Crippen MR) is 49.7 cm³/mol. The summed E-state index contributed by atoms with van der Waals surface area (Å²) in [5.74, 6) is 0.622. The third-order valence-corrected chi connectivity index (χ3v) is 2.27. The molecular formula is C8H19NdO2P. The second-order valence-electron chi connectivity index (χ2n) is 2.85. The van der Waals surface area contributed by atoms with Gasteiger partial charge in [0.15, 0.2) is 8.69 Å². The summed E-state index contributed by atoms with van der Waals surface area (Å²) in [6.45, 7) is 5.03. The van der Waals surface area contributed by atoms with E-state index in [-0.39, 0.29) is 40.8 Å². The number of hydrogen-bond donors (Lipinski definition) is 0. The van der Waals surface area contributed by atoms with E-state index in [1.165, 1.54) is 19.3 Å². The molecule has 2 nitrogen and oxygen atoms in total. The third kappa shape index (κ3) is 9.63. The molecule has 0 aliphatic heterocycles. The maximum atomic E-state index is 10.1. The molecule has 2 unspecified atom stereocenters. The fourth-order valence-electron chi connectivity index (χ4n) is 1.07. The Balaban J connectivity index is 0. The molecule has 0 radical (unpaired) electrons. The van der Waals surface area contributed by atoms with Gasteiger partial charge < -0.3 is 4.52 Å². The summed E-state index contributed by atoms with van der Waals surface area (Å²) in [5.41, 5.74) is 0. The molecule has 0 aromatic carbocycles. The van der Waals surface area contributed by atoms with Crippen molar-refractivity contribution in [1.82, 2.24) is 0 Å². The first-order chi connectivity index (χ1) is 5.35. The van der Waals surface area contributed by atoms with Crippen LogP contribution in [0.4, 0.5) is 0 Å². The molecule has 2 atom stereocenters. The van der Waals surface area contributed by atoms with E-state index in [2.05, 4.69) is 13.8 Å². The van der Waals surface area contributed by atoms with Crippen LogP contribution in [0.15, 0.2) is 0 Å². The Kier molecular flexibility index (Phi) is 16.7. The van der Waals surface area contributed by atoms with Gasteiger partial charge >= 0.3 is 0 Å². The van der Waals surface area contributed by atoms with Gasteiger partial charge in [-0.15, -0.1) is 0 Å². The summed E-state index contributed by atoms with van der Waals surface area (Å²) in [7, 11) is -1.00. The second-order valence-corrected chi connectivity index (χ2v) is 3.37. The Morgan fingerprint density at radius 1 is 1.42 bits per heavy atom. The zero-order valence-electron chi connectivity index (χ0n) is 8.01. The van der Waals surface area contributed by atoms with E-state index >= 15 is 0 Å². The maximum Gasteiger partial charge on any atom is 0.179 e.